The number of hydrogen-bond acceptors (Lipinski definition) is 7. The molecule has 0 unspecified atom stereocenters. The molecular formula is C16H12ClN3O4S3. The second-order valence-corrected chi connectivity index (χ2v) is 10.1. The molecule has 0 saturated heterocycles. The molecule has 27 heavy (non-hydrogen) atoms. The third kappa shape index (κ3) is 3.53. The summed E-state index contributed by atoms with van der Waals surface area (Å²) in [6, 6.07) is 8.35. The standard InChI is InChI=1S/C16H12ClN3O4S3/c1-20-11-6-9(2-3-12(11)24-7-14(20)21)10-8-25-16(18-10)19-27(22,23)15-5-4-13(17)26-15/h2-6,8H,7H2,1H3,(H,18,19). The van der Waals surface area contributed by atoms with E-state index in [2.05, 4.69) is 9.71 Å². The van der Waals surface area contributed by atoms with Gasteiger partial charge in [0, 0.05) is 18.0 Å². The Morgan fingerprint density at radius 3 is 2.85 bits per heavy atom. The van der Waals surface area contributed by atoms with Gasteiger partial charge in [0.1, 0.15) is 9.96 Å². The van der Waals surface area contributed by atoms with Gasteiger partial charge >= 0.3 is 0 Å². The van der Waals surface area contributed by atoms with Gasteiger partial charge in [-0.2, -0.15) is 0 Å². The molecule has 0 atom stereocenters. The van der Waals surface area contributed by atoms with Crippen LogP contribution in [0.5, 0.6) is 5.75 Å². The van der Waals surface area contributed by atoms with Gasteiger partial charge in [0.05, 0.1) is 15.7 Å². The van der Waals surface area contributed by atoms with Crippen molar-refractivity contribution in [1.29, 1.82) is 0 Å². The van der Waals surface area contributed by atoms with Crippen LogP contribution in [0.1, 0.15) is 0 Å². The van der Waals surface area contributed by atoms with Crippen molar-refractivity contribution in [2.45, 2.75) is 4.21 Å². The SMILES string of the molecule is CN1C(=O)COc2ccc(-c3csc(NS(=O)(=O)c4ccc(Cl)s4)n3)cc21. The van der Waals surface area contributed by atoms with E-state index in [-0.39, 0.29) is 21.9 Å². The van der Waals surface area contributed by atoms with Crippen LogP contribution in [0, 0.1) is 0 Å². The van der Waals surface area contributed by atoms with Crippen molar-refractivity contribution in [1.82, 2.24) is 4.98 Å². The van der Waals surface area contributed by atoms with Gasteiger partial charge < -0.3 is 9.64 Å². The Balaban J connectivity index is 1.61. The molecule has 0 bridgehead atoms. The summed E-state index contributed by atoms with van der Waals surface area (Å²) < 4.78 is 33.1. The number of fused-ring (bicyclic) bond motifs is 1. The Kier molecular flexibility index (Phi) is 4.58. The van der Waals surface area contributed by atoms with Gasteiger partial charge in [0.15, 0.2) is 11.7 Å². The van der Waals surface area contributed by atoms with Gasteiger partial charge in [0.25, 0.3) is 15.9 Å². The van der Waals surface area contributed by atoms with E-state index in [4.69, 9.17) is 16.3 Å². The number of aromatic nitrogens is 1. The quantitative estimate of drug-likeness (QED) is 0.667. The first kappa shape index (κ1) is 18.2. The lowest BCUT2D eigenvalue weighted by atomic mass is 10.1. The molecule has 0 aliphatic carbocycles. The van der Waals surface area contributed by atoms with Crippen molar-refractivity contribution in [2.75, 3.05) is 23.3 Å². The number of carbonyl (C=O) groups excluding carboxylic acids is 1. The number of likely N-dealkylation sites (N-methyl/N-ethyl adjacent to an activating group) is 1. The van der Waals surface area contributed by atoms with Gasteiger partial charge in [-0.1, -0.05) is 11.6 Å². The predicted molar refractivity (Wildman–Crippen MR) is 107 cm³/mol. The number of thiazole rings is 1. The van der Waals surface area contributed by atoms with Gasteiger partial charge in [-0.15, -0.1) is 22.7 Å². The van der Waals surface area contributed by atoms with E-state index in [0.29, 0.717) is 21.5 Å². The molecular weight excluding hydrogens is 430 g/mol. The molecule has 1 aliphatic rings. The number of carbonyl (C=O) groups is 1. The average molecular weight is 442 g/mol. The molecule has 1 N–H and O–H groups in total. The van der Waals surface area contributed by atoms with Crippen molar-refractivity contribution >= 4 is 61.0 Å². The Hall–Kier alpha value is -2.14. The topological polar surface area (TPSA) is 88.6 Å². The first-order chi connectivity index (χ1) is 12.8. The second-order valence-electron chi connectivity index (χ2n) is 5.63. The van der Waals surface area contributed by atoms with Gasteiger partial charge in [0.2, 0.25) is 0 Å². The van der Waals surface area contributed by atoms with Crippen molar-refractivity contribution in [3.05, 3.63) is 40.0 Å². The Morgan fingerprint density at radius 1 is 1.30 bits per heavy atom. The molecule has 0 fully saturated rings. The molecule has 4 rings (SSSR count). The lowest BCUT2D eigenvalue weighted by Gasteiger charge is -2.26. The zero-order valence-corrected chi connectivity index (χ0v) is 17.0. The molecule has 1 amide bonds. The maximum absolute atomic E-state index is 12.4. The van der Waals surface area contributed by atoms with Crippen LogP contribution in [0.15, 0.2) is 39.9 Å². The summed E-state index contributed by atoms with van der Waals surface area (Å²) in [5.74, 6) is 0.479. The third-order valence-electron chi connectivity index (χ3n) is 3.88. The summed E-state index contributed by atoms with van der Waals surface area (Å²) in [6.07, 6.45) is 0. The number of benzene rings is 1. The summed E-state index contributed by atoms with van der Waals surface area (Å²) >= 11 is 7.95. The van der Waals surface area contributed by atoms with E-state index in [1.807, 2.05) is 6.07 Å². The molecule has 1 aromatic carbocycles. The van der Waals surface area contributed by atoms with E-state index < -0.39 is 10.0 Å². The fourth-order valence-electron chi connectivity index (χ4n) is 2.49. The average Bonchev–Trinajstić information content (AvgIpc) is 3.27. The number of hydrogen-bond donors (Lipinski definition) is 1. The minimum atomic E-state index is -3.73. The largest absolute Gasteiger partial charge is 0.482 e. The predicted octanol–water partition coefficient (Wildman–Crippen LogP) is 3.68. The lowest BCUT2D eigenvalue weighted by Crippen LogP contribution is -2.35. The normalized spacial score (nSPS) is 14.0. The second kappa shape index (κ2) is 6.79. The Bertz CT molecular complexity index is 1140. The molecule has 2 aromatic heterocycles. The van der Waals surface area contributed by atoms with Crippen molar-refractivity contribution in [3.63, 3.8) is 0 Å². The van der Waals surface area contributed by atoms with Crippen LogP contribution in [-0.2, 0) is 14.8 Å². The number of halogens is 1. The Labute approximate surface area is 168 Å². The molecule has 0 saturated carbocycles. The summed E-state index contributed by atoms with van der Waals surface area (Å²) in [7, 11) is -2.05. The maximum Gasteiger partial charge on any atom is 0.273 e. The smallest absolute Gasteiger partial charge is 0.273 e. The van der Waals surface area contributed by atoms with E-state index in [1.54, 1.807) is 24.6 Å². The van der Waals surface area contributed by atoms with Crippen LogP contribution in [0.4, 0.5) is 10.8 Å². The maximum atomic E-state index is 12.4. The summed E-state index contributed by atoms with van der Waals surface area (Å²) in [4.78, 5) is 17.7. The number of rotatable bonds is 4. The van der Waals surface area contributed by atoms with Gasteiger partial charge in [-0.05, 0) is 30.3 Å². The molecule has 11 heteroatoms. The highest BCUT2D eigenvalue weighted by Gasteiger charge is 2.23. The number of anilines is 2. The van der Waals surface area contributed by atoms with Crippen LogP contribution in [0.3, 0.4) is 0 Å². The summed E-state index contributed by atoms with van der Waals surface area (Å²) in [6.45, 7) is 0.0121. The summed E-state index contributed by atoms with van der Waals surface area (Å²) in [5.41, 5.74) is 1.99. The first-order valence-corrected chi connectivity index (χ1v) is 11.2. The number of sulfonamides is 1. The number of nitrogens with zero attached hydrogens (tertiary/aromatic N) is 2. The van der Waals surface area contributed by atoms with E-state index >= 15 is 0 Å². The highest BCUT2D eigenvalue weighted by atomic mass is 35.5. The summed E-state index contributed by atoms with van der Waals surface area (Å²) in [5, 5.41) is 1.99. The highest BCUT2D eigenvalue weighted by Crippen LogP contribution is 2.36. The fraction of sp³-hybridized carbons (Fsp3) is 0.125. The van der Waals surface area contributed by atoms with Crippen LogP contribution in [0.25, 0.3) is 11.3 Å². The zero-order valence-electron chi connectivity index (χ0n) is 13.8. The molecule has 3 heterocycles. The molecule has 0 spiro atoms. The molecule has 1 aliphatic heterocycles. The van der Waals surface area contributed by atoms with Crippen molar-refractivity contribution in [3.8, 4) is 17.0 Å². The van der Waals surface area contributed by atoms with E-state index in [0.717, 1.165) is 16.9 Å². The fourth-order valence-corrected chi connectivity index (χ4v) is 5.95. The van der Waals surface area contributed by atoms with Crippen LogP contribution < -0.4 is 14.4 Å². The molecule has 0 radical (unpaired) electrons. The van der Waals surface area contributed by atoms with Gasteiger partial charge in [-0.3, -0.25) is 9.52 Å². The first-order valence-electron chi connectivity index (χ1n) is 7.61. The zero-order chi connectivity index (χ0) is 19.2. The van der Waals surface area contributed by atoms with Crippen LogP contribution in [0.2, 0.25) is 4.34 Å². The number of thiophene rings is 1. The molecule has 140 valence electrons. The van der Waals surface area contributed by atoms with E-state index in [9.17, 15) is 13.2 Å². The van der Waals surface area contributed by atoms with Crippen molar-refractivity contribution in [2.24, 2.45) is 0 Å². The van der Waals surface area contributed by atoms with Crippen molar-refractivity contribution < 1.29 is 17.9 Å². The molecule has 3 aromatic rings. The number of nitrogens with one attached hydrogen (secondary N) is 1. The Morgan fingerprint density at radius 2 is 2.11 bits per heavy atom. The third-order valence-corrected chi connectivity index (χ3v) is 7.83. The monoisotopic (exact) mass is 441 g/mol. The minimum absolute atomic E-state index is 0.0121. The van der Waals surface area contributed by atoms with Gasteiger partial charge in [-0.25, -0.2) is 13.4 Å². The molecule has 7 nitrogen and oxygen atoms in total. The van der Waals surface area contributed by atoms with Crippen LogP contribution in [-0.4, -0.2) is 33.0 Å². The van der Waals surface area contributed by atoms with Crippen LogP contribution >= 0.6 is 34.3 Å². The lowest BCUT2D eigenvalue weighted by molar-refractivity contribution is -0.120. The number of ether oxygens (including phenoxy) is 1. The number of amides is 1. The highest BCUT2D eigenvalue weighted by molar-refractivity contribution is 7.94. The minimum Gasteiger partial charge on any atom is -0.482 e. The van der Waals surface area contributed by atoms with E-state index in [1.165, 1.54) is 28.4 Å².